The molecule has 3 N–H and O–H groups in total. The molecule has 0 spiro atoms. The molecule has 6 nitrogen and oxygen atoms in total. The molecule has 0 bridgehead atoms. The van der Waals surface area contributed by atoms with E-state index in [1.54, 1.807) is 0 Å². The second kappa shape index (κ2) is 2.31. The average Bonchev–Trinajstić information content (AvgIpc) is 2.35. The lowest BCUT2D eigenvalue weighted by molar-refractivity contribution is 0.317. The summed E-state index contributed by atoms with van der Waals surface area (Å²) in [6.07, 6.45) is 0. The van der Waals surface area contributed by atoms with Crippen LogP contribution in [-0.2, 0) is 4.57 Å². The van der Waals surface area contributed by atoms with Crippen molar-refractivity contribution in [2.24, 2.45) is 0 Å². The van der Waals surface area contributed by atoms with E-state index in [0.29, 0.717) is 0 Å². The van der Waals surface area contributed by atoms with Crippen molar-refractivity contribution in [3.05, 3.63) is 12.1 Å². The second-order valence-electron chi connectivity index (χ2n) is 2.41. The number of phosphoric acid groups is 1. The van der Waals surface area contributed by atoms with Crippen LogP contribution in [0.1, 0.15) is 0 Å². The maximum atomic E-state index is 10.9. The minimum absolute atomic E-state index is 0.314. The molecule has 13 heavy (non-hydrogen) atoms. The Morgan fingerprint density at radius 3 is 1.85 bits per heavy atom. The van der Waals surface area contributed by atoms with Crippen LogP contribution in [0.3, 0.4) is 0 Å². The molecule has 0 radical (unpaired) electrons. The van der Waals surface area contributed by atoms with Gasteiger partial charge in [0.25, 0.3) is 0 Å². The molecule has 0 aromatic heterocycles. The summed E-state index contributed by atoms with van der Waals surface area (Å²) in [6, 6.07) is 2.26. The molecule has 0 unspecified atom stereocenters. The number of rotatable bonds is 0. The molecule has 1 aliphatic heterocycles. The monoisotopic (exact) mass is 204 g/mol. The third kappa shape index (κ3) is 1.20. The van der Waals surface area contributed by atoms with E-state index in [1.807, 2.05) is 0 Å². The number of phenols is 2. The molecule has 0 atom stereocenters. The summed E-state index contributed by atoms with van der Waals surface area (Å²) in [7, 11) is -4.20. The Kier molecular flexibility index (Phi) is 1.46. The highest BCUT2D eigenvalue weighted by atomic mass is 31.2. The van der Waals surface area contributed by atoms with Crippen LogP contribution in [0, 0.1) is 0 Å². The Hall–Kier alpha value is -1.39. The third-order valence-corrected chi connectivity index (χ3v) is 2.31. The maximum Gasteiger partial charge on any atom is 0.585 e. The molecule has 0 amide bonds. The lowest BCUT2D eigenvalue weighted by Gasteiger charge is -1.98. The first kappa shape index (κ1) is 8.22. The van der Waals surface area contributed by atoms with Crippen molar-refractivity contribution >= 4 is 7.82 Å². The van der Waals surface area contributed by atoms with Crippen molar-refractivity contribution in [2.45, 2.75) is 0 Å². The van der Waals surface area contributed by atoms with Gasteiger partial charge in [-0.1, -0.05) is 0 Å². The van der Waals surface area contributed by atoms with Crippen molar-refractivity contribution in [3.63, 3.8) is 0 Å². The van der Waals surface area contributed by atoms with Crippen molar-refractivity contribution in [2.75, 3.05) is 0 Å². The molecule has 1 heterocycles. The normalized spacial score (nSPS) is 17.3. The van der Waals surface area contributed by atoms with Crippen LogP contribution in [0.25, 0.3) is 0 Å². The van der Waals surface area contributed by atoms with E-state index in [2.05, 4.69) is 9.05 Å². The Morgan fingerprint density at radius 2 is 1.46 bits per heavy atom. The van der Waals surface area contributed by atoms with Crippen LogP contribution in [0.15, 0.2) is 12.1 Å². The number of phenolic OH excluding ortho intramolecular Hbond substituents is 2. The van der Waals surface area contributed by atoms with Crippen LogP contribution in [0.2, 0.25) is 0 Å². The molecule has 1 aromatic carbocycles. The predicted molar refractivity (Wildman–Crippen MR) is 40.9 cm³/mol. The summed E-state index contributed by atoms with van der Waals surface area (Å²) < 4.78 is 19.6. The summed E-state index contributed by atoms with van der Waals surface area (Å²) in [6.45, 7) is 0. The molecule has 70 valence electrons. The molecule has 0 saturated carbocycles. The molecule has 0 fully saturated rings. The number of aromatic hydroxyl groups is 2. The third-order valence-electron chi connectivity index (χ3n) is 1.48. The number of hydrogen-bond acceptors (Lipinski definition) is 5. The van der Waals surface area contributed by atoms with Gasteiger partial charge in [0, 0.05) is 0 Å². The van der Waals surface area contributed by atoms with Crippen LogP contribution < -0.4 is 9.05 Å². The predicted octanol–water partition coefficient (Wildman–Crippen LogP) is 0.969. The van der Waals surface area contributed by atoms with Crippen molar-refractivity contribution in [3.8, 4) is 23.0 Å². The highest BCUT2D eigenvalue weighted by Gasteiger charge is 2.39. The Labute approximate surface area is 72.6 Å². The molecule has 0 saturated heterocycles. The first-order valence-corrected chi connectivity index (χ1v) is 4.76. The van der Waals surface area contributed by atoms with E-state index >= 15 is 0 Å². The maximum absolute atomic E-state index is 10.9. The fraction of sp³-hybridized carbons (Fsp3) is 0. The van der Waals surface area contributed by atoms with Crippen molar-refractivity contribution in [1.82, 2.24) is 0 Å². The second-order valence-corrected chi connectivity index (χ2v) is 3.72. The quantitative estimate of drug-likeness (QED) is 0.430. The zero-order valence-electron chi connectivity index (χ0n) is 6.17. The molecular weight excluding hydrogens is 199 g/mol. The van der Waals surface area contributed by atoms with Gasteiger partial charge in [-0.05, 0) is 12.1 Å². The standard InChI is InChI=1S/C6H5O6P/c7-3-1-2-4(8)6-5(3)11-13(9,10)12-6/h1-2,7-8H,(H,9,10). The molecule has 1 aromatic rings. The molecule has 1 aliphatic rings. The van der Waals surface area contributed by atoms with Gasteiger partial charge in [0.05, 0.1) is 0 Å². The first-order chi connectivity index (χ1) is 5.99. The Bertz CT molecular complexity index is 379. The average molecular weight is 204 g/mol. The van der Waals surface area contributed by atoms with Gasteiger partial charge in [0.1, 0.15) is 0 Å². The van der Waals surface area contributed by atoms with Crippen LogP contribution in [-0.4, -0.2) is 15.1 Å². The van der Waals surface area contributed by atoms with E-state index in [0.717, 1.165) is 12.1 Å². The van der Waals surface area contributed by atoms with Gasteiger partial charge in [-0.25, -0.2) is 4.57 Å². The minimum Gasteiger partial charge on any atom is -0.504 e. The zero-order chi connectivity index (χ0) is 9.64. The smallest absolute Gasteiger partial charge is 0.504 e. The van der Waals surface area contributed by atoms with Gasteiger partial charge in [0.15, 0.2) is 11.5 Å². The van der Waals surface area contributed by atoms with Crippen molar-refractivity contribution in [1.29, 1.82) is 0 Å². The highest BCUT2D eigenvalue weighted by Crippen LogP contribution is 2.61. The molecule has 2 rings (SSSR count). The summed E-state index contributed by atoms with van der Waals surface area (Å²) in [5, 5.41) is 18.3. The molecule has 7 heteroatoms. The van der Waals surface area contributed by atoms with Crippen molar-refractivity contribution < 1.29 is 28.7 Å². The number of phosphoric ester groups is 1. The zero-order valence-corrected chi connectivity index (χ0v) is 7.06. The largest absolute Gasteiger partial charge is 0.585 e. The van der Waals surface area contributed by atoms with Gasteiger partial charge in [0.2, 0.25) is 11.5 Å². The lowest BCUT2D eigenvalue weighted by Crippen LogP contribution is -1.87. The Morgan fingerprint density at radius 1 is 1.08 bits per heavy atom. The van der Waals surface area contributed by atoms with E-state index in [1.165, 1.54) is 0 Å². The van der Waals surface area contributed by atoms with E-state index in [4.69, 9.17) is 15.1 Å². The minimum atomic E-state index is -4.20. The van der Waals surface area contributed by atoms with E-state index in [-0.39, 0.29) is 23.0 Å². The first-order valence-electron chi connectivity index (χ1n) is 3.26. The van der Waals surface area contributed by atoms with Gasteiger partial charge < -0.3 is 19.3 Å². The van der Waals surface area contributed by atoms with Crippen LogP contribution >= 0.6 is 7.82 Å². The highest BCUT2D eigenvalue weighted by molar-refractivity contribution is 7.48. The van der Waals surface area contributed by atoms with E-state index < -0.39 is 7.82 Å². The topological polar surface area (TPSA) is 96.2 Å². The summed E-state index contributed by atoms with van der Waals surface area (Å²) in [5.74, 6) is -1.35. The number of fused-ring (bicyclic) bond motifs is 1. The summed E-state index contributed by atoms with van der Waals surface area (Å²) in [4.78, 5) is 8.85. The number of hydrogen-bond donors (Lipinski definition) is 3. The fourth-order valence-electron chi connectivity index (χ4n) is 0.968. The number of benzene rings is 1. The van der Waals surface area contributed by atoms with Crippen LogP contribution in [0.5, 0.6) is 23.0 Å². The van der Waals surface area contributed by atoms with E-state index in [9.17, 15) is 4.57 Å². The molecular formula is C6H5O6P. The summed E-state index contributed by atoms with van der Waals surface area (Å²) >= 11 is 0. The van der Waals surface area contributed by atoms with Gasteiger partial charge in [-0.15, -0.1) is 0 Å². The van der Waals surface area contributed by atoms with Gasteiger partial charge >= 0.3 is 7.82 Å². The van der Waals surface area contributed by atoms with Crippen LogP contribution in [0.4, 0.5) is 0 Å². The molecule has 0 aliphatic carbocycles. The lowest BCUT2D eigenvalue weighted by atomic mass is 10.3. The van der Waals surface area contributed by atoms with Gasteiger partial charge in [-0.2, -0.15) is 0 Å². The summed E-state index contributed by atoms with van der Waals surface area (Å²) in [5.41, 5.74) is 0. The van der Waals surface area contributed by atoms with Gasteiger partial charge in [-0.3, -0.25) is 4.89 Å². The Balaban J connectivity index is 2.62. The fourth-order valence-corrected chi connectivity index (χ4v) is 1.82. The SMILES string of the molecule is O=P1(O)Oc2c(O)ccc(O)c2O1.